The van der Waals surface area contributed by atoms with Crippen molar-refractivity contribution in [2.45, 2.75) is 0 Å². The molecule has 0 spiro atoms. The fourth-order valence-corrected chi connectivity index (χ4v) is 7.65. The number of rotatable bonds is 4. The van der Waals surface area contributed by atoms with E-state index >= 15 is 0 Å². The summed E-state index contributed by atoms with van der Waals surface area (Å²) in [5, 5.41) is 4.97. The third-order valence-electron chi connectivity index (χ3n) is 9.76. The molecule has 47 heavy (non-hydrogen) atoms. The molecule has 0 fully saturated rings. The highest BCUT2D eigenvalue weighted by atomic mass is 15.0. The van der Waals surface area contributed by atoms with Gasteiger partial charge in [0.1, 0.15) is 0 Å². The highest BCUT2D eigenvalue weighted by Gasteiger charge is 2.25. The number of hydrogen-bond acceptors (Lipinski definition) is 1. The minimum absolute atomic E-state index is 1.03. The van der Waals surface area contributed by atoms with Crippen LogP contribution in [0.1, 0.15) is 0 Å². The Morgan fingerprint density at radius 1 is 0.404 bits per heavy atom. The first-order valence-corrected chi connectivity index (χ1v) is 16.1. The van der Waals surface area contributed by atoms with Crippen molar-refractivity contribution in [3.63, 3.8) is 0 Å². The standard InChI is InChI=1S/C45H28N2/c1-2-11-29(12-3-1)30-13-8-14-31(25-30)32-23-24-42-40(27-32)37-19-6-7-22-41(37)47(42)35-17-9-15-33(26-35)45-44-39-20-5-4-18-36(39)38-21-10-16-34(28-46-45)43(38)44/h1-28H. The Balaban J connectivity index is 1.14. The van der Waals surface area contributed by atoms with Crippen molar-refractivity contribution in [1.29, 1.82) is 0 Å². The molecule has 0 saturated carbocycles. The van der Waals surface area contributed by atoms with Gasteiger partial charge in [0, 0.05) is 44.6 Å². The van der Waals surface area contributed by atoms with Crippen LogP contribution in [-0.2, 0) is 0 Å². The van der Waals surface area contributed by atoms with Crippen LogP contribution in [0.15, 0.2) is 170 Å². The lowest BCUT2D eigenvalue weighted by Crippen LogP contribution is -1.95. The largest absolute Gasteiger partial charge is 0.309 e. The lowest BCUT2D eigenvalue weighted by molar-refractivity contribution is 1.18. The SMILES string of the molecule is c1ccc(-c2cccc(-c3ccc4c(c3)c3ccccc3n4-c3cccc(-c4ncc5cccc6c5c4-c4ccccc4-6)c3)c2)cc1. The van der Waals surface area contributed by atoms with Crippen LogP contribution in [0.2, 0.25) is 0 Å². The number of benzene rings is 7. The second-order valence-corrected chi connectivity index (χ2v) is 12.4. The van der Waals surface area contributed by atoms with Crippen molar-refractivity contribution in [1.82, 2.24) is 9.55 Å². The molecular weight excluding hydrogens is 569 g/mol. The molecule has 1 aliphatic rings. The van der Waals surface area contributed by atoms with E-state index in [1.165, 1.54) is 77.1 Å². The molecule has 0 bridgehead atoms. The fraction of sp³-hybridized carbons (Fsp3) is 0. The third-order valence-corrected chi connectivity index (χ3v) is 9.76. The Morgan fingerprint density at radius 2 is 1.06 bits per heavy atom. The van der Waals surface area contributed by atoms with E-state index in [0.717, 1.165) is 16.9 Å². The number of aromatic nitrogens is 2. The normalized spacial score (nSPS) is 11.8. The zero-order valence-corrected chi connectivity index (χ0v) is 25.6. The lowest BCUT2D eigenvalue weighted by Gasteiger charge is -2.13. The Morgan fingerprint density at radius 3 is 1.98 bits per heavy atom. The van der Waals surface area contributed by atoms with Gasteiger partial charge >= 0.3 is 0 Å². The van der Waals surface area contributed by atoms with Crippen LogP contribution in [0, 0.1) is 0 Å². The fourth-order valence-electron chi connectivity index (χ4n) is 7.65. The molecule has 0 aliphatic heterocycles. The average Bonchev–Trinajstić information content (AvgIpc) is 3.66. The molecule has 1 aliphatic carbocycles. The number of pyridine rings is 1. The quantitative estimate of drug-likeness (QED) is 0.198. The molecule has 2 heterocycles. The Bertz CT molecular complexity index is 2680. The number of fused-ring (bicyclic) bond motifs is 6. The van der Waals surface area contributed by atoms with Gasteiger partial charge in [0.25, 0.3) is 0 Å². The number of para-hydroxylation sites is 1. The van der Waals surface area contributed by atoms with Gasteiger partial charge in [-0.2, -0.15) is 0 Å². The summed E-state index contributed by atoms with van der Waals surface area (Å²) in [7, 11) is 0. The van der Waals surface area contributed by atoms with E-state index in [2.05, 4.69) is 168 Å². The molecule has 2 aromatic heterocycles. The van der Waals surface area contributed by atoms with Crippen LogP contribution in [0.5, 0.6) is 0 Å². The maximum Gasteiger partial charge on any atom is 0.0787 e. The molecule has 0 atom stereocenters. The minimum Gasteiger partial charge on any atom is -0.309 e. The van der Waals surface area contributed by atoms with Gasteiger partial charge in [0.15, 0.2) is 0 Å². The van der Waals surface area contributed by atoms with E-state index in [1.54, 1.807) is 0 Å². The van der Waals surface area contributed by atoms with Crippen LogP contribution < -0.4 is 0 Å². The van der Waals surface area contributed by atoms with Gasteiger partial charge in [0.2, 0.25) is 0 Å². The highest BCUT2D eigenvalue weighted by molar-refractivity contribution is 6.18. The highest BCUT2D eigenvalue weighted by Crippen LogP contribution is 2.50. The van der Waals surface area contributed by atoms with E-state index in [4.69, 9.17) is 4.98 Å². The van der Waals surface area contributed by atoms with Crippen LogP contribution >= 0.6 is 0 Å². The second kappa shape index (κ2) is 10.1. The van der Waals surface area contributed by atoms with Crippen molar-refractivity contribution < 1.29 is 0 Å². The van der Waals surface area contributed by atoms with Crippen molar-refractivity contribution >= 4 is 32.6 Å². The predicted octanol–water partition coefficient (Wildman–Crippen LogP) is 12.0. The van der Waals surface area contributed by atoms with Gasteiger partial charge in [-0.3, -0.25) is 4.98 Å². The molecule has 0 unspecified atom stereocenters. The van der Waals surface area contributed by atoms with Gasteiger partial charge in [-0.25, -0.2) is 0 Å². The van der Waals surface area contributed by atoms with E-state index < -0.39 is 0 Å². The van der Waals surface area contributed by atoms with Crippen molar-refractivity contribution in [2.75, 3.05) is 0 Å². The summed E-state index contributed by atoms with van der Waals surface area (Å²) in [5.41, 5.74) is 15.6. The zero-order chi connectivity index (χ0) is 30.9. The first kappa shape index (κ1) is 26.0. The smallest absolute Gasteiger partial charge is 0.0787 e. The monoisotopic (exact) mass is 596 g/mol. The first-order chi connectivity index (χ1) is 23.3. The summed E-state index contributed by atoms with van der Waals surface area (Å²) >= 11 is 0. The van der Waals surface area contributed by atoms with E-state index in [1.807, 2.05) is 6.20 Å². The van der Waals surface area contributed by atoms with Gasteiger partial charge in [-0.05, 0) is 75.3 Å². The van der Waals surface area contributed by atoms with E-state index in [-0.39, 0.29) is 0 Å². The predicted molar refractivity (Wildman–Crippen MR) is 197 cm³/mol. The van der Waals surface area contributed by atoms with Gasteiger partial charge in [0.05, 0.1) is 16.7 Å². The third kappa shape index (κ3) is 3.95. The van der Waals surface area contributed by atoms with Crippen molar-refractivity contribution in [3.8, 4) is 61.5 Å². The summed E-state index contributed by atoms with van der Waals surface area (Å²) in [6.45, 7) is 0. The molecule has 10 rings (SSSR count). The minimum atomic E-state index is 1.03. The maximum atomic E-state index is 5.09. The summed E-state index contributed by atoms with van der Waals surface area (Å²) < 4.78 is 2.40. The summed E-state index contributed by atoms with van der Waals surface area (Å²) in [5.74, 6) is 0. The summed E-state index contributed by atoms with van der Waals surface area (Å²) in [6, 6.07) is 59.2. The van der Waals surface area contributed by atoms with Crippen molar-refractivity contribution in [2.24, 2.45) is 0 Å². The van der Waals surface area contributed by atoms with Crippen LogP contribution in [0.25, 0.3) is 94.0 Å². The first-order valence-electron chi connectivity index (χ1n) is 16.1. The maximum absolute atomic E-state index is 5.09. The summed E-state index contributed by atoms with van der Waals surface area (Å²) in [6.07, 6.45) is 2.03. The molecular formula is C45H28N2. The summed E-state index contributed by atoms with van der Waals surface area (Å²) in [4.78, 5) is 5.09. The lowest BCUT2D eigenvalue weighted by atomic mass is 9.98. The van der Waals surface area contributed by atoms with Gasteiger partial charge in [-0.15, -0.1) is 0 Å². The van der Waals surface area contributed by atoms with Crippen LogP contribution in [-0.4, -0.2) is 9.55 Å². The molecule has 2 nitrogen and oxygen atoms in total. The molecule has 0 radical (unpaired) electrons. The van der Waals surface area contributed by atoms with Gasteiger partial charge in [-0.1, -0.05) is 127 Å². The van der Waals surface area contributed by atoms with E-state index in [0.29, 0.717) is 0 Å². The van der Waals surface area contributed by atoms with Crippen LogP contribution in [0.4, 0.5) is 0 Å². The number of nitrogens with zero attached hydrogens (tertiary/aromatic N) is 2. The van der Waals surface area contributed by atoms with Gasteiger partial charge < -0.3 is 4.57 Å². The molecule has 0 N–H and O–H groups in total. The van der Waals surface area contributed by atoms with E-state index in [9.17, 15) is 0 Å². The molecule has 9 aromatic rings. The van der Waals surface area contributed by atoms with Crippen LogP contribution in [0.3, 0.4) is 0 Å². The molecule has 0 saturated heterocycles. The topological polar surface area (TPSA) is 17.8 Å². The average molecular weight is 597 g/mol. The van der Waals surface area contributed by atoms with Crippen molar-refractivity contribution in [3.05, 3.63) is 170 Å². The second-order valence-electron chi connectivity index (χ2n) is 12.4. The molecule has 0 amide bonds. The molecule has 218 valence electrons. The Hall–Kier alpha value is -6.25. The molecule has 2 heteroatoms. The number of hydrogen-bond donors (Lipinski definition) is 0. The zero-order valence-electron chi connectivity index (χ0n) is 25.6. The molecule has 7 aromatic carbocycles. The Labute approximate surface area is 272 Å². The Kier molecular flexibility index (Phi) is 5.61.